The largest absolute Gasteiger partial charge is 0.494 e. The van der Waals surface area contributed by atoms with Crippen molar-refractivity contribution in [2.75, 3.05) is 13.2 Å². The van der Waals surface area contributed by atoms with E-state index in [1.807, 2.05) is 13.8 Å². The molecule has 0 aliphatic heterocycles. The highest BCUT2D eigenvalue weighted by molar-refractivity contribution is 7.89. The zero-order valence-corrected chi connectivity index (χ0v) is 13.6. The monoisotopic (exact) mass is 299 g/mol. The van der Waals surface area contributed by atoms with E-state index in [-0.39, 0.29) is 0 Å². The first-order valence-electron chi connectivity index (χ1n) is 7.17. The van der Waals surface area contributed by atoms with Crippen LogP contribution in [-0.4, -0.2) is 21.6 Å². The highest BCUT2D eigenvalue weighted by Crippen LogP contribution is 2.22. The van der Waals surface area contributed by atoms with Gasteiger partial charge in [-0.2, -0.15) is 0 Å². The number of nitrogens with one attached hydrogen (secondary N) is 1. The van der Waals surface area contributed by atoms with Crippen molar-refractivity contribution in [3.63, 3.8) is 0 Å². The highest BCUT2D eigenvalue weighted by Gasteiger charge is 2.16. The topological polar surface area (TPSA) is 55.4 Å². The Morgan fingerprint density at radius 1 is 1.20 bits per heavy atom. The van der Waals surface area contributed by atoms with Gasteiger partial charge < -0.3 is 4.74 Å². The minimum atomic E-state index is -3.44. The van der Waals surface area contributed by atoms with Crippen LogP contribution in [0.25, 0.3) is 0 Å². The van der Waals surface area contributed by atoms with Crippen molar-refractivity contribution in [1.82, 2.24) is 4.72 Å². The third-order valence-electron chi connectivity index (χ3n) is 3.47. The van der Waals surface area contributed by atoms with Crippen molar-refractivity contribution in [2.24, 2.45) is 5.92 Å². The standard InChI is InChI=1S/C15H25NO3S/c1-5-13(6-2)11-16-20(17,18)14-8-9-15(19-7-3)12(4)10-14/h8-10,13,16H,5-7,11H2,1-4H3. The van der Waals surface area contributed by atoms with Crippen LogP contribution in [0.4, 0.5) is 0 Å². The summed E-state index contributed by atoms with van der Waals surface area (Å²) in [5, 5.41) is 0. The fourth-order valence-corrected chi connectivity index (χ4v) is 3.20. The Bertz CT molecular complexity index is 522. The van der Waals surface area contributed by atoms with E-state index in [4.69, 9.17) is 4.74 Å². The first-order chi connectivity index (χ1) is 9.44. The number of hydrogen-bond acceptors (Lipinski definition) is 3. The van der Waals surface area contributed by atoms with Crippen LogP contribution >= 0.6 is 0 Å². The number of aryl methyl sites for hydroxylation is 1. The summed E-state index contributed by atoms with van der Waals surface area (Å²) in [5.41, 5.74) is 0.831. The van der Waals surface area contributed by atoms with E-state index in [1.165, 1.54) is 0 Å². The lowest BCUT2D eigenvalue weighted by Gasteiger charge is -2.14. The summed E-state index contributed by atoms with van der Waals surface area (Å²) in [4.78, 5) is 0.296. The van der Waals surface area contributed by atoms with Crippen LogP contribution in [0.3, 0.4) is 0 Å². The van der Waals surface area contributed by atoms with Gasteiger partial charge in [0.1, 0.15) is 5.75 Å². The second-order valence-electron chi connectivity index (χ2n) is 4.89. The Morgan fingerprint density at radius 3 is 2.35 bits per heavy atom. The minimum Gasteiger partial charge on any atom is -0.494 e. The van der Waals surface area contributed by atoms with Crippen molar-refractivity contribution in [3.05, 3.63) is 23.8 Å². The molecule has 0 atom stereocenters. The summed E-state index contributed by atoms with van der Waals surface area (Å²) in [6, 6.07) is 4.96. The molecule has 0 saturated heterocycles. The normalized spacial score (nSPS) is 11.8. The van der Waals surface area contributed by atoms with Gasteiger partial charge in [0.2, 0.25) is 10.0 Å². The van der Waals surface area contributed by atoms with Crippen LogP contribution in [0.1, 0.15) is 39.2 Å². The second kappa shape index (κ2) is 7.64. The number of ether oxygens (including phenoxy) is 1. The van der Waals surface area contributed by atoms with Gasteiger partial charge in [-0.25, -0.2) is 13.1 Å². The predicted molar refractivity (Wildman–Crippen MR) is 81.6 cm³/mol. The number of benzene rings is 1. The molecule has 0 aromatic heterocycles. The number of hydrogen-bond donors (Lipinski definition) is 1. The second-order valence-corrected chi connectivity index (χ2v) is 6.66. The molecule has 0 amide bonds. The van der Waals surface area contributed by atoms with E-state index >= 15 is 0 Å². The van der Waals surface area contributed by atoms with E-state index in [0.29, 0.717) is 24.0 Å². The van der Waals surface area contributed by atoms with Crippen molar-refractivity contribution in [1.29, 1.82) is 0 Å². The Labute approximate surface area is 122 Å². The van der Waals surface area contributed by atoms with E-state index in [2.05, 4.69) is 18.6 Å². The maximum atomic E-state index is 12.2. The molecule has 4 nitrogen and oxygen atoms in total. The lowest BCUT2D eigenvalue weighted by atomic mass is 10.0. The van der Waals surface area contributed by atoms with Crippen LogP contribution in [0.15, 0.2) is 23.1 Å². The van der Waals surface area contributed by atoms with E-state index in [1.54, 1.807) is 18.2 Å². The highest BCUT2D eigenvalue weighted by atomic mass is 32.2. The van der Waals surface area contributed by atoms with Gasteiger partial charge in [0.15, 0.2) is 0 Å². The quantitative estimate of drug-likeness (QED) is 0.802. The molecule has 0 aliphatic rings. The van der Waals surface area contributed by atoms with Gasteiger partial charge in [-0.1, -0.05) is 26.7 Å². The molecule has 1 aromatic carbocycles. The molecule has 114 valence electrons. The molecule has 0 radical (unpaired) electrons. The van der Waals surface area contributed by atoms with Crippen molar-refractivity contribution in [3.8, 4) is 5.75 Å². The minimum absolute atomic E-state index is 0.296. The average molecular weight is 299 g/mol. The molecule has 1 rings (SSSR count). The van der Waals surface area contributed by atoms with Crippen LogP contribution in [0, 0.1) is 12.8 Å². The molecule has 5 heteroatoms. The summed E-state index contributed by atoms with van der Waals surface area (Å²) >= 11 is 0. The van der Waals surface area contributed by atoms with Gasteiger partial charge >= 0.3 is 0 Å². The van der Waals surface area contributed by atoms with E-state index in [9.17, 15) is 8.42 Å². The molecule has 1 N–H and O–H groups in total. The third-order valence-corrected chi connectivity index (χ3v) is 4.89. The summed E-state index contributed by atoms with van der Waals surface area (Å²) in [5.74, 6) is 1.11. The summed E-state index contributed by atoms with van der Waals surface area (Å²) in [6.45, 7) is 8.96. The lowest BCUT2D eigenvalue weighted by Crippen LogP contribution is -2.29. The SMILES string of the molecule is CCOc1ccc(S(=O)(=O)NCC(CC)CC)cc1C. The number of rotatable bonds is 8. The molecule has 0 saturated carbocycles. The molecule has 0 aliphatic carbocycles. The van der Waals surface area contributed by atoms with Crippen LogP contribution < -0.4 is 9.46 Å². The van der Waals surface area contributed by atoms with Crippen LogP contribution in [-0.2, 0) is 10.0 Å². The van der Waals surface area contributed by atoms with Crippen LogP contribution in [0.5, 0.6) is 5.75 Å². The average Bonchev–Trinajstić information content (AvgIpc) is 2.42. The maximum absolute atomic E-state index is 12.2. The molecule has 0 spiro atoms. The molecule has 0 bridgehead atoms. The Kier molecular flexibility index (Phi) is 6.49. The van der Waals surface area contributed by atoms with Crippen molar-refractivity contribution >= 4 is 10.0 Å². The van der Waals surface area contributed by atoms with Crippen molar-refractivity contribution < 1.29 is 13.2 Å². The first kappa shape index (κ1) is 17.0. The summed E-state index contributed by atoms with van der Waals surface area (Å²) in [7, 11) is -3.44. The smallest absolute Gasteiger partial charge is 0.240 e. The van der Waals surface area contributed by atoms with Gasteiger partial charge in [-0.3, -0.25) is 0 Å². The van der Waals surface area contributed by atoms with Gasteiger partial charge in [-0.15, -0.1) is 0 Å². The van der Waals surface area contributed by atoms with E-state index < -0.39 is 10.0 Å². The third kappa shape index (κ3) is 4.49. The van der Waals surface area contributed by atoms with Gasteiger partial charge in [0.05, 0.1) is 11.5 Å². The zero-order valence-electron chi connectivity index (χ0n) is 12.8. The molecule has 0 fully saturated rings. The number of sulfonamides is 1. The van der Waals surface area contributed by atoms with Gasteiger partial charge in [-0.05, 0) is 43.5 Å². The fraction of sp³-hybridized carbons (Fsp3) is 0.600. The summed E-state index contributed by atoms with van der Waals surface area (Å²) in [6.07, 6.45) is 1.95. The molecule has 20 heavy (non-hydrogen) atoms. The molecule has 1 aromatic rings. The predicted octanol–water partition coefficient (Wildman–Crippen LogP) is 3.11. The van der Waals surface area contributed by atoms with Gasteiger partial charge in [0, 0.05) is 6.54 Å². The van der Waals surface area contributed by atoms with E-state index in [0.717, 1.165) is 24.2 Å². The maximum Gasteiger partial charge on any atom is 0.240 e. The summed E-state index contributed by atoms with van der Waals surface area (Å²) < 4.78 is 32.6. The molecule has 0 unspecified atom stereocenters. The zero-order chi connectivity index (χ0) is 15.2. The molecule has 0 heterocycles. The Hall–Kier alpha value is -1.07. The molecular formula is C15H25NO3S. The lowest BCUT2D eigenvalue weighted by molar-refractivity contribution is 0.337. The van der Waals surface area contributed by atoms with Crippen molar-refractivity contribution in [2.45, 2.75) is 45.4 Å². The Balaban J connectivity index is 2.85. The molecular weight excluding hydrogens is 274 g/mol. The Morgan fingerprint density at radius 2 is 1.85 bits per heavy atom. The van der Waals surface area contributed by atoms with Crippen LogP contribution in [0.2, 0.25) is 0 Å². The van der Waals surface area contributed by atoms with Gasteiger partial charge in [0.25, 0.3) is 0 Å². The fourth-order valence-electron chi connectivity index (χ4n) is 1.99. The first-order valence-corrected chi connectivity index (χ1v) is 8.66.